The molecule has 104 valence electrons. The number of nitrogens with one attached hydrogen (secondary N) is 1. The number of hydrogen-bond acceptors (Lipinski definition) is 3. The Bertz CT molecular complexity index is 430. The highest BCUT2D eigenvalue weighted by molar-refractivity contribution is 5.89. The van der Waals surface area contributed by atoms with Crippen molar-refractivity contribution in [1.29, 1.82) is 0 Å². The molecular formula is C15H20ClNO2. The van der Waals surface area contributed by atoms with E-state index in [4.69, 9.17) is 0 Å². The first-order chi connectivity index (χ1) is 8.79. The molecule has 3 nitrogen and oxygen atoms in total. The van der Waals surface area contributed by atoms with E-state index in [2.05, 4.69) is 16.1 Å². The summed E-state index contributed by atoms with van der Waals surface area (Å²) in [5.41, 5.74) is 3.23. The summed E-state index contributed by atoms with van der Waals surface area (Å²) in [6.45, 7) is 2.17. The molecule has 0 aromatic heterocycles. The van der Waals surface area contributed by atoms with Crippen molar-refractivity contribution in [3.05, 3.63) is 41.0 Å². The topological polar surface area (TPSA) is 38.3 Å². The van der Waals surface area contributed by atoms with Crippen LogP contribution in [0.15, 0.2) is 29.8 Å². The zero-order valence-electron chi connectivity index (χ0n) is 11.1. The molecule has 0 aliphatic carbocycles. The first kappa shape index (κ1) is 15.7. The van der Waals surface area contributed by atoms with Gasteiger partial charge in [0.1, 0.15) is 0 Å². The number of carbonyl (C=O) groups is 1. The standard InChI is InChI=1S/C15H19NO2.ClH/c1-18-15(17)14-6-4-13(5-7-14)11-12-3-2-9-16-10-8-12;/h4-7,11,16H,2-3,8-10H2,1H3;1H. The van der Waals surface area contributed by atoms with Gasteiger partial charge in [0.25, 0.3) is 0 Å². The van der Waals surface area contributed by atoms with Crippen LogP contribution in [0, 0.1) is 0 Å². The van der Waals surface area contributed by atoms with Crippen LogP contribution in [0.25, 0.3) is 6.08 Å². The van der Waals surface area contributed by atoms with Gasteiger partial charge in [-0.2, -0.15) is 0 Å². The number of halogens is 1. The van der Waals surface area contributed by atoms with Crippen molar-refractivity contribution in [2.24, 2.45) is 0 Å². The van der Waals surface area contributed by atoms with Crippen LogP contribution in [-0.4, -0.2) is 26.2 Å². The zero-order chi connectivity index (χ0) is 12.8. The molecule has 0 atom stereocenters. The smallest absolute Gasteiger partial charge is 0.337 e. The average Bonchev–Trinajstić information content (AvgIpc) is 2.67. The molecule has 1 aromatic carbocycles. The Morgan fingerprint density at radius 2 is 1.95 bits per heavy atom. The molecule has 0 spiro atoms. The van der Waals surface area contributed by atoms with E-state index in [1.54, 1.807) is 0 Å². The monoisotopic (exact) mass is 281 g/mol. The number of hydrogen-bond donors (Lipinski definition) is 1. The van der Waals surface area contributed by atoms with Crippen LogP contribution < -0.4 is 5.32 Å². The molecule has 2 rings (SSSR count). The summed E-state index contributed by atoms with van der Waals surface area (Å²) in [6.07, 6.45) is 5.70. The number of benzene rings is 1. The maximum absolute atomic E-state index is 11.3. The summed E-state index contributed by atoms with van der Waals surface area (Å²) < 4.78 is 4.68. The number of rotatable bonds is 2. The Morgan fingerprint density at radius 1 is 1.21 bits per heavy atom. The van der Waals surface area contributed by atoms with E-state index in [1.807, 2.05) is 24.3 Å². The Labute approximate surface area is 120 Å². The second-order valence-electron chi connectivity index (χ2n) is 4.52. The van der Waals surface area contributed by atoms with Gasteiger partial charge in [-0.15, -0.1) is 12.4 Å². The summed E-state index contributed by atoms with van der Waals surface area (Å²) in [4.78, 5) is 11.3. The van der Waals surface area contributed by atoms with Crippen LogP contribution in [0.1, 0.15) is 35.2 Å². The molecular weight excluding hydrogens is 262 g/mol. The van der Waals surface area contributed by atoms with Crippen molar-refractivity contribution in [3.8, 4) is 0 Å². The lowest BCUT2D eigenvalue weighted by Crippen LogP contribution is -2.13. The maximum Gasteiger partial charge on any atom is 0.337 e. The quantitative estimate of drug-likeness (QED) is 0.847. The second kappa shape index (κ2) is 7.97. The van der Waals surface area contributed by atoms with Crippen molar-refractivity contribution in [2.75, 3.05) is 20.2 Å². The van der Waals surface area contributed by atoms with Gasteiger partial charge >= 0.3 is 5.97 Å². The summed E-state index contributed by atoms with van der Waals surface area (Å²) in [6, 6.07) is 7.56. The third kappa shape index (κ3) is 4.69. The number of esters is 1. The average molecular weight is 282 g/mol. The lowest BCUT2D eigenvalue weighted by molar-refractivity contribution is 0.0601. The van der Waals surface area contributed by atoms with Crippen LogP contribution in [0.2, 0.25) is 0 Å². The molecule has 0 amide bonds. The minimum Gasteiger partial charge on any atom is -0.465 e. The van der Waals surface area contributed by atoms with E-state index in [-0.39, 0.29) is 18.4 Å². The molecule has 1 heterocycles. The molecule has 0 unspecified atom stereocenters. The second-order valence-corrected chi connectivity index (χ2v) is 4.52. The molecule has 4 heteroatoms. The number of ether oxygens (including phenoxy) is 1. The molecule has 0 saturated carbocycles. The SMILES string of the molecule is COC(=O)c1ccc(C=C2CCCNCC2)cc1.Cl. The predicted molar refractivity (Wildman–Crippen MR) is 79.7 cm³/mol. The molecule has 1 aliphatic rings. The maximum atomic E-state index is 11.3. The largest absolute Gasteiger partial charge is 0.465 e. The van der Waals surface area contributed by atoms with E-state index < -0.39 is 0 Å². The summed E-state index contributed by atoms with van der Waals surface area (Å²) in [7, 11) is 1.40. The molecule has 1 N–H and O–H groups in total. The van der Waals surface area contributed by atoms with Crippen LogP contribution in [-0.2, 0) is 4.74 Å². The fraction of sp³-hybridized carbons (Fsp3) is 0.400. The van der Waals surface area contributed by atoms with E-state index in [9.17, 15) is 4.79 Å². The third-order valence-electron chi connectivity index (χ3n) is 3.18. The van der Waals surface area contributed by atoms with Crippen LogP contribution in [0.4, 0.5) is 0 Å². The van der Waals surface area contributed by atoms with E-state index in [0.29, 0.717) is 5.56 Å². The van der Waals surface area contributed by atoms with Crippen LogP contribution in [0.5, 0.6) is 0 Å². The van der Waals surface area contributed by atoms with Crippen molar-refractivity contribution >= 4 is 24.5 Å². The molecule has 0 radical (unpaired) electrons. The Balaban J connectivity index is 0.00000180. The van der Waals surface area contributed by atoms with Crippen molar-refractivity contribution in [3.63, 3.8) is 0 Å². The van der Waals surface area contributed by atoms with Crippen LogP contribution >= 0.6 is 12.4 Å². The molecule has 1 fully saturated rings. The van der Waals surface area contributed by atoms with Gasteiger partial charge in [-0.25, -0.2) is 4.79 Å². The van der Waals surface area contributed by atoms with Crippen LogP contribution in [0.3, 0.4) is 0 Å². The zero-order valence-corrected chi connectivity index (χ0v) is 12.0. The van der Waals surface area contributed by atoms with Crippen molar-refractivity contribution in [1.82, 2.24) is 5.32 Å². The van der Waals surface area contributed by atoms with Gasteiger partial charge in [-0.05, 0) is 50.0 Å². The lowest BCUT2D eigenvalue weighted by atomic mass is 10.0. The fourth-order valence-corrected chi connectivity index (χ4v) is 2.15. The van der Waals surface area contributed by atoms with Gasteiger partial charge in [0.05, 0.1) is 12.7 Å². The van der Waals surface area contributed by atoms with E-state index in [0.717, 1.165) is 31.5 Å². The highest BCUT2D eigenvalue weighted by Gasteiger charge is 2.05. The van der Waals surface area contributed by atoms with Gasteiger partial charge in [0, 0.05) is 0 Å². The number of carbonyl (C=O) groups excluding carboxylic acids is 1. The molecule has 0 bridgehead atoms. The van der Waals surface area contributed by atoms with Gasteiger partial charge in [0.15, 0.2) is 0 Å². The molecule has 1 aromatic rings. The highest BCUT2D eigenvalue weighted by Crippen LogP contribution is 2.17. The van der Waals surface area contributed by atoms with Gasteiger partial charge in [-0.3, -0.25) is 0 Å². The first-order valence-electron chi connectivity index (χ1n) is 6.38. The minimum atomic E-state index is -0.284. The summed E-state index contributed by atoms with van der Waals surface area (Å²) in [5, 5.41) is 3.39. The molecule has 19 heavy (non-hydrogen) atoms. The third-order valence-corrected chi connectivity index (χ3v) is 3.18. The lowest BCUT2D eigenvalue weighted by Gasteiger charge is -2.03. The van der Waals surface area contributed by atoms with Crippen molar-refractivity contribution < 1.29 is 9.53 Å². The number of methoxy groups -OCH3 is 1. The van der Waals surface area contributed by atoms with Crippen molar-refractivity contribution in [2.45, 2.75) is 19.3 Å². The summed E-state index contributed by atoms with van der Waals surface area (Å²) >= 11 is 0. The minimum absolute atomic E-state index is 0. The molecule has 1 saturated heterocycles. The van der Waals surface area contributed by atoms with Gasteiger partial charge < -0.3 is 10.1 Å². The first-order valence-corrected chi connectivity index (χ1v) is 6.38. The predicted octanol–water partition coefficient (Wildman–Crippen LogP) is 3.05. The highest BCUT2D eigenvalue weighted by atomic mass is 35.5. The normalized spacial score (nSPS) is 17.4. The Morgan fingerprint density at radius 3 is 2.63 bits per heavy atom. The Hall–Kier alpha value is -1.32. The molecule has 1 aliphatic heterocycles. The van der Waals surface area contributed by atoms with E-state index >= 15 is 0 Å². The van der Waals surface area contributed by atoms with Gasteiger partial charge in [0.2, 0.25) is 0 Å². The Kier molecular flexibility index (Phi) is 6.60. The fourth-order valence-electron chi connectivity index (χ4n) is 2.15. The van der Waals surface area contributed by atoms with E-state index in [1.165, 1.54) is 19.1 Å². The summed E-state index contributed by atoms with van der Waals surface area (Å²) in [5.74, 6) is -0.284. The van der Waals surface area contributed by atoms with Gasteiger partial charge in [-0.1, -0.05) is 23.8 Å².